The quantitative estimate of drug-likeness (QED) is 0.478. The molecule has 2 rings (SSSR count). The zero-order chi connectivity index (χ0) is 21.5. The SMILES string of the molecule is CC(C)C1CCC(C(C)(C)[I-]c2cc(C(C)(C)C)c(O)c(C(C)(C)C)c2)CC1. The van der Waals surface area contributed by atoms with Crippen LogP contribution in [0.5, 0.6) is 5.75 Å². The second-order valence-electron chi connectivity index (χ2n) is 11.9. The fourth-order valence-corrected chi connectivity index (χ4v) is 8.23. The number of benzene rings is 1. The van der Waals surface area contributed by atoms with Crippen LogP contribution in [0.2, 0.25) is 0 Å². The Kier molecular flexibility index (Phi) is 7.27. The van der Waals surface area contributed by atoms with Crippen molar-refractivity contribution in [3.63, 3.8) is 0 Å². The molecule has 0 atom stereocenters. The number of hydrogen-bond donors (Lipinski definition) is 1. The Morgan fingerprint density at radius 1 is 0.821 bits per heavy atom. The fraction of sp³-hybridized carbons (Fsp3) is 0.769. The number of hydrogen-bond acceptors (Lipinski definition) is 1. The molecule has 0 amide bonds. The molecule has 1 N–H and O–H groups in total. The van der Waals surface area contributed by atoms with Crippen molar-refractivity contribution in [2.24, 2.45) is 17.8 Å². The monoisotopic (exact) mass is 499 g/mol. The van der Waals surface area contributed by atoms with E-state index in [0.29, 0.717) is 9.17 Å². The van der Waals surface area contributed by atoms with Crippen molar-refractivity contribution >= 4 is 0 Å². The predicted octanol–water partition coefficient (Wildman–Crippen LogP) is 4.49. The minimum atomic E-state index is -0.129. The molecular formula is C26H44IO-. The molecule has 0 bridgehead atoms. The first kappa shape index (κ1) is 24.0. The van der Waals surface area contributed by atoms with Crippen molar-refractivity contribution in [3.05, 3.63) is 26.8 Å². The molecule has 1 saturated carbocycles. The van der Waals surface area contributed by atoms with Crippen LogP contribution < -0.4 is 21.2 Å². The van der Waals surface area contributed by atoms with Gasteiger partial charge in [0, 0.05) is 0 Å². The predicted molar refractivity (Wildman–Crippen MR) is 119 cm³/mol. The van der Waals surface area contributed by atoms with Crippen LogP contribution in [0.15, 0.2) is 12.1 Å². The molecule has 28 heavy (non-hydrogen) atoms. The number of phenols is 1. The van der Waals surface area contributed by atoms with Crippen LogP contribution in [-0.4, -0.2) is 8.53 Å². The van der Waals surface area contributed by atoms with Crippen molar-refractivity contribution < 1.29 is 26.3 Å². The molecule has 0 saturated heterocycles. The molecule has 1 aliphatic carbocycles. The summed E-state index contributed by atoms with van der Waals surface area (Å²) in [5.74, 6) is 3.13. The molecular weight excluding hydrogens is 455 g/mol. The summed E-state index contributed by atoms with van der Waals surface area (Å²) in [7, 11) is 0. The van der Waals surface area contributed by atoms with Crippen molar-refractivity contribution in [3.8, 4) is 5.75 Å². The van der Waals surface area contributed by atoms with Gasteiger partial charge in [-0.05, 0) is 0 Å². The summed E-state index contributed by atoms with van der Waals surface area (Å²) < 4.78 is 1.91. The Labute approximate surface area is 185 Å². The third kappa shape index (κ3) is 5.67. The minimum absolute atomic E-state index is 0.0384. The van der Waals surface area contributed by atoms with E-state index in [-0.39, 0.29) is 32.0 Å². The zero-order valence-corrected chi connectivity index (χ0v) is 22.2. The van der Waals surface area contributed by atoms with Crippen LogP contribution in [0.4, 0.5) is 0 Å². The van der Waals surface area contributed by atoms with E-state index in [2.05, 4.69) is 81.4 Å². The third-order valence-electron chi connectivity index (χ3n) is 6.73. The van der Waals surface area contributed by atoms with Crippen molar-refractivity contribution in [2.45, 2.75) is 109 Å². The molecule has 0 aromatic heterocycles. The molecule has 0 aliphatic heterocycles. The van der Waals surface area contributed by atoms with Gasteiger partial charge in [0.2, 0.25) is 0 Å². The first-order valence-electron chi connectivity index (χ1n) is 11.2. The summed E-state index contributed by atoms with van der Waals surface area (Å²) in [4.78, 5) is 0. The summed E-state index contributed by atoms with van der Waals surface area (Å²) in [6, 6.07) is 4.67. The molecule has 1 nitrogen and oxygen atoms in total. The molecule has 0 heterocycles. The van der Waals surface area contributed by atoms with Gasteiger partial charge in [-0.2, -0.15) is 0 Å². The summed E-state index contributed by atoms with van der Waals surface area (Å²) in [6.45, 7) is 23.1. The summed E-state index contributed by atoms with van der Waals surface area (Å²) >= 11 is -0.129. The number of alkyl halides is 1. The van der Waals surface area contributed by atoms with Gasteiger partial charge >= 0.3 is 186 Å². The molecule has 0 spiro atoms. The van der Waals surface area contributed by atoms with Crippen LogP contribution in [0.3, 0.4) is 0 Å². The maximum atomic E-state index is 11.0. The van der Waals surface area contributed by atoms with Crippen LogP contribution >= 0.6 is 0 Å². The molecule has 1 fully saturated rings. The molecule has 1 aromatic carbocycles. The van der Waals surface area contributed by atoms with Crippen LogP contribution in [0.25, 0.3) is 0 Å². The van der Waals surface area contributed by atoms with Gasteiger partial charge in [-0.25, -0.2) is 0 Å². The molecule has 1 aliphatic rings. The Hall–Kier alpha value is -0.250. The topological polar surface area (TPSA) is 20.2 Å². The van der Waals surface area contributed by atoms with E-state index in [1.807, 2.05) is 0 Å². The van der Waals surface area contributed by atoms with Gasteiger partial charge in [-0.1, -0.05) is 0 Å². The second kappa shape index (κ2) is 8.47. The molecule has 0 unspecified atom stereocenters. The summed E-state index contributed by atoms with van der Waals surface area (Å²) in [5, 5.41) is 11.0. The molecule has 1 aromatic rings. The van der Waals surface area contributed by atoms with Crippen molar-refractivity contribution in [1.82, 2.24) is 0 Å². The van der Waals surface area contributed by atoms with Crippen molar-refractivity contribution in [1.29, 1.82) is 0 Å². The van der Waals surface area contributed by atoms with E-state index in [1.165, 1.54) is 29.3 Å². The third-order valence-corrected chi connectivity index (χ3v) is 10.2. The van der Waals surface area contributed by atoms with Gasteiger partial charge in [0.05, 0.1) is 0 Å². The Morgan fingerprint density at radius 2 is 1.25 bits per heavy atom. The Bertz CT molecular complexity index is 630. The van der Waals surface area contributed by atoms with E-state index >= 15 is 0 Å². The van der Waals surface area contributed by atoms with Gasteiger partial charge in [0.15, 0.2) is 0 Å². The average Bonchev–Trinajstić information content (AvgIpc) is 2.54. The average molecular weight is 500 g/mol. The van der Waals surface area contributed by atoms with Gasteiger partial charge in [-0.3, -0.25) is 0 Å². The second-order valence-corrected chi connectivity index (χ2v) is 16.4. The molecule has 2 heteroatoms. The molecule has 0 radical (unpaired) electrons. The van der Waals surface area contributed by atoms with Crippen LogP contribution in [0, 0.1) is 21.3 Å². The number of aromatic hydroxyl groups is 1. The first-order valence-corrected chi connectivity index (χ1v) is 13.3. The van der Waals surface area contributed by atoms with E-state index in [0.717, 1.165) is 28.9 Å². The maximum absolute atomic E-state index is 11.0. The van der Waals surface area contributed by atoms with E-state index in [4.69, 9.17) is 0 Å². The van der Waals surface area contributed by atoms with Gasteiger partial charge < -0.3 is 0 Å². The van der Waals surface area contributed by atoms with Gasteiger partial charge in [0.25, 0.3) is 0 Å². The normalized spacial score (nSPS) is 22.1. The first-order chi connectivity index (χ1) is 12.6. The Balaban J connectivity index is 2.32. The number of halogens is 1. The van der Waals surface area contributed by atoms with Gasteiger partial charge in [-0.15, -0.1) is 0 Å². The van der Waals surface area contributed by atoms with E-state index < -0.39 is 0 Å². The summed E-state index contributed by atoms with van der Waals surface area (Å²) in [5.41, 5.74) is 2.16. The molecule has 162 valence electrons. The fourth-order valence-electron chi connectivity index (χ4n) is 4.63. The van der Waals surface area contributed by atoms with Gasteiger partial charge in [0.1, 0.15) is 0 Å². The van der Waals surface area contributed by atoms with Crippen LogP contribution in [0.1, 0.15) is 106 Å². The van der Waals surface area contributed by atoms with E-state index in [1.54, 1.807) is 0 Å². The number of phenolic OH excluding ortho intramolecular Hbond substituents is 1. The zero-order valence-electron chi connectivity index (χ0n) is 20.0. The standard InChI is InChI=1S/C26H44IO/c1-17(2)18-11-13-19(14-12-18)26(9,10)27-20-15-21(24(3,4)5)23(28)22(16-20)25(6,7)8/h15-19,28H,11-14H2,1-10H3/q-1. The Morgan fingerprint density at radius 3 is 1.61 bits per heavy atom. The van der Waals surface area contributed by atoms with Crippen LogP contribution in [-0.2, 0) is 10.8 Å². The van der Waals surface area contributed by atoms with E-state index in [9.17, 15) is 5.11 Å². The summed E-state index contributed by atoms with van der Waals surface area (Å²) in [6.07, 6.45) is 5.61. The van der Waals surface area contributed by atoms with Crippen molar-refractivity contribution in [2.75, 3.05) is 0 Å². The number of rotatable bonds is 4.